The van der Waals surface area contributed by atoms with Crippen molar-refractivity contribution in [2.45, 2.75) is 38.8 Å². The Morgan fingerprint density at radius 2 is 2.05 bits per heavy atom. The van der Waals surface area contributed by atoms with Crippen LogP contribution in [0.5, 0.6) is 0 Å². The number of hydrazone groups is 1. The third-order valence-electron chi connectivity index (χ3n) is 4.03. The fourth-order valence-corrected chi connectivity index (χ4v) is 3.07. The summed E-state index contributed by atoms with van der Waals surface area (Å²) in [6, 6.07) is 10.1. The topological polar surface area (TPSA) is 41.9 Å². The number of amides is 1. The predicted molar refractivity (Wildman–Crippen MR) is 77.3 cm³/mol. The molecule has 2 aliphatic heterocycles. The quantitative estimate of drug-likeness (QED) is 0.789. The van der Waals surface area contributed by atoms with Crippen molar-refractivity contribution in [3.8, 4) is 0 Å². The Bertz CT molecular complexity index is 551. The Morgan fingerprint density at radius 3 is 2.70 bits per heavy atom. The summed E-state index contributed by atoms with van der Waals surface area (Å²) in [5.74, 6) is 0.160. The van der Waals surface area contributed by atoms with Gasteiger partial charge >= 0.3 is 0 Å². The summed E-state index contributed by atoms with van der Waals surface area (Å²) in [6.07, 6.45) is 0.783. The van der Waals surface area contributed by atoms with Gasteiger partial charge in [-0.05, 0) is 19.4 Å². The van der Waals surface area contributed by atoms with Crippen LogP contribution in [0.3, 0.4) is 0 Å². The van der Waals surface area contributed by atoms with Gasteiger partial charge in [-0.2, -0.15) is 5.10 Å². The van der Waals surface area contributed by atoms with E-state index in [1.165, 1.54) is 0 Å². The number of hydrogen-bond acceptors (Lipinski definition) is 3. The first kappa shape index (κ1) is 13.3. The molecule has 0 aromatic heterocycles. The van der Waals surface area contributed by atoms with Crippen LogP contribution in [0, 0.1) is 5.92 Å². The second-order valence-corrected chi connectivity index (χ2v) is 6.16. The molecular formula is C16H20N2O2. The van der Waals surface area contributed by atoms with Gasteiger partial charge in [-0.3, -0.25) is 4.79 Å². The maximum Gasteiger partial charge on any atom is 0.240 e. The van der Waals surface area contributed by atoms with Crippen molar-refractivity contribution >= 4 is 11.6 Å². The van der Waals surface area contributed by atoms with Gasteiger partial charge in [0.2, 0.25) is 5.91 Å². The molecule has 0 bridgehead atoms. The number of benzene rings is 1. The summed E-state index contributed by atoms with van der Waals surface area (Å²) in [5, 5.41) is 6.21. The molecule has 0 saturated carbocycles. The Morgan fingerprint density at radius 1 is 1.35 bits per heavy atom. The highest BCUT2D eigenvalue weighted by atomic mass is 16.5. The maximum atomic E-state index is 11.9. The van der Waals surface area contributed by atoms with Crippen LogP contribution in [0.2, 0.25) is 0 Å². The van der Waals surface area contributed by atoms with E-state index >= 15 is 0 Å². The van der Waals surface area contributed by atoms with Crippen molar-refractivity contribution < 1.29 is 9.53 Å². The van der Waals surface area contributed by atoms with Gasteiger partial charge in [0.25, 0.3) is 0 Å². The second-order valence-electron chi connectivity index (χ2n) is 6.16. The fourth-order valence-electron chi connectivity index (χ4n) is 3.07. The van der Waals surface area contributed by atoms with E-state index < -0.39 is 0 Å². The predicted octanol–water partition coefficient (Wildman–Crippen LogP) is 2.76. The van der Waals surface area contributed by atoms with Gasteiger partial charge < -0.3 is 4.74 Å². The van der Waals surface area contributed by atoms with Crippen LogP contribution in [0.1, 0.15) is 38.8 Å². The Labute approximate surface area is 119 Å². The molecule has 1 amide bonds. The normalized spacial score (nSPS) is 27.9. The fraction of sp³-hybridized carbons (Fsp3) is 0.500. The van der Waals surface area contributed by atoms with Crippen LogP contribution >= 0.6 is 0 Å². The molecule has 1 saturated heterocycles. The van der Waals surface area contributed by atoms with Crippen LogP contribution < -0.4 is 0 Å². The van der Waals surface area contributed by atoms with Crippen molar-refractivity contribution in [3.63, 3.8) is 0 Å². The lowest BCUT2D eigenvalue weighted by atomic mass is 9.83. The molecule has 3 rings (SSSR count). The van der Waals surface area contributed by atoms with E-state index in [1.54, 1.807) is 11.9 Å². The summed E-state index contributed by atoms with van der Waals surface area (Å²) in [4.78, 5) is 11.9. The van der Waals surface area contributed by atoms with Gasteiger partial charge in [0.05, 0.1) is 18.2 Å². The lowest BCUT2D eigenvalue weighted by Crippen LogP contribution is -2.41. The third kappa shape index (κ3) is 2.24. The average molecular weight is 272 g/mol. The van der Waals surface area contributed by atoms with E-state index in [-0.39, 0.29) is 23.5 Å². The first-order chi connectivity index (χ1) is 9.48. The van der Waals surface area contributed by atoms with E-state index in [9.17, 15) is 4.79 Å². The first-order valence-electron chi connectivity index (χ1n) is 7.04. The second kappa shape index (κ2) is 4.70. The lowest BCUT2D eigenvalue weighted by Gasteiger charge is -2.35. The SMILES string of the molecule is CC(=O)N1N=C2CC(C)(C)OC[C@@H]2[C@H]1c1ccccc1. The van der Waals surface area contributed by atoms with Gasteiger partial charge in [0, 0.05) is 25.0 Å². The highest BCUT2D eigenvalue weighted by Gasteiger charge is 2.45. The summed E-state index contributed by atoms with van der Waals surface area (Å²) in [6.45, 7) is 6.33. The monoisotopic (exact) mass is 272 g/mol. The van der Waals surface area contributed by atoms with E-state index in [4.69, 9.17) is 4.74 Å². The lowest BCUT2D eigenvalue weighted by molar-refractivity contribution is -0.131. The molecule has 0 spiro atoms. The molecule has 0 aliphatic carbocycles. The van der Waals surface area contributed by atoms with E-state index in [1.807, 2.05) is 18.2 Å². The Hall–Kier alpha value is -1.68. The highest BCUT2D eigenvalue weighted by Crippen LogP contribution is 2.41. The molecule has 2 aliphatic rings. The largest absolute Gasteiger partial charge is 0.374 e. The molecule has 2 atom stereocenters. The van der Waals surface area contributed by atoms with Crippen LogP contribution in [0.15, 0.2) is 35.4 Å². The first-order valence-corrected chi connectivity index (χ1v) is 7.04. The molecule has 1 fully saturated rings. The number of rotatable bonds is 1. The molecule has 0 unspecified atom stereocenters. The van der Waals surface area contributed by atoms with Crippen molar-refractivity contribution in [2.75, 3.05) is 6.61 Å². The molecular weight excluding hydrogens is 252 g/mol. The standard InChI is InChI=1S/C16H20N2O2/c1-11(19)18-15(12-7-5-4-6-8-12)13-10-20-16(2,3)9-14(13)17-18/h4-8,13,15H,9-10H2,1-3H3/t13-,15+/m0/s1. The zero-order valence-corrected chi connectivity index (χ0v) is 12.2. The summed E-state index contributed by atoms with van der Waals surface area (Å²) in [5.41, 5.74) is 2.02. The summed E-state index contributed by atoms with van der Waals surface area (Å²) in [7, 11) is 0. The van der Waals surface area contributed by atoms with Gasteiger partial charge in [-0.1, -0.05) is 30.3 Å². The summed E-state index contributed by atoms with van der Waals surface area (Å²) < 4.78 is 5.94. The van der Waals surface area contributed by atoms with E-state index in [0.717, 1.165) is 17.7 Å². The minimum absolute atomic E-state index is 0.0152. The smallest absolute Gasteiger partial charge is 0.240 e. The number of ether oxygens (including phenoxy) is 1. The summed E-state index contributed by atoms with van der Waals surface area (Å²) >= 11 is 0. The van der Waals surface area contributed by atoms with Crippen LogP contribution in [0.25, 0.3) is 0 Å². The number of fused-ring (bicyclic) bond motifs is 1. The molecule has 4 heteroatoms. The Kier molecular flexibility index (Phi) is 3.13. The third-order valence-corrected chi connectivity index (χ3v) is 4.03. The van der Waals surface area contributed by atoms with E-state index in [0.29, 0.717) is 6.61 Å². The Balaban J connectivity index is 1.97. The molecule has 0 radical (unpaired) electrons. The highest BCUT2D eigenvalue weighted by molar-refractivity contribution is 5.93. The molecule has 106 valence electrons. The number of carbonyl (C=O) groups excluding carboxylic acids is 1. The number of hydrogen-bond donors (Lipinski definition) is 0. The minimum Gasteiger partial charge on any atom is -0.374 e. The molecule has 2 heterocycles. The molecule has 4 nitrogen and oxygen atoms in total. The van der Waals surface area contributed by atoms with Crippen molar-refractivity contribution in [2.24, 2.45) is 11.0 Å². The number of nitrogens with zero attached hydrogens (tertiary/aromatic N) is 2. The average Bonchev–Trinajstić information content (AvgIpc) is 2.77. The minimum atomic E-state index is -0.191. The van der Waals surface area contributed by atoms with Gasteiger partial charge in [-0.15, -0.1) is 0 Å². The van der Waals surface area contributed by atoms with Crippen LogP contribution in [-0.2, 0) is 9.53 Å². The zero-order chi connectivity index (χ0) is 14.3. The van der Waals surface area contributed by atoms with Gasteiger partial charge in [0.1, 0.15) is 0 Å². The van der Waals surface area contributed by atoms with Crippen molar-refractivity contribution in [1.29, 1.82) is 0 Å². The van der Waals surface area contributed by atoms with Crippen LogP contribution in [-0.4, -0.2) is 28.8 Å². The molecule has 20 heavy (non-hydrogen) atoms. The van der Waals surface area contributed by atoms with Crippen LogP contribution in [0.4, 0.5) is 0 Å². The van der Waals surface area contributed by atoms with Gasteiger partial charge in [0.15, 0.2) is 0 Å². The molecule has 0 N–H and O–H groups in total. The van der Waals surface area contributed by atoms with Crippen molar-refractivity contribution in [1.82, 2.24) is 5.01 Å². The zero-order valence-electron chi connectivity index (χ0n) is 12.2. The maximum absolute atomic E-state index is 11.9. The van der Waals surface area contributed by atoms with E-state index in [2.05, 4.69) is 31.1 Å². The molecule has 1 aromatic carbocycles. The van der Waals surface area contributed by atoms with Crippen molar-refractivity contribution in [3.05, 3.63) is 35.9 Å². The van der Waals surface area contributed by atoms with Gasteiger partial charge in [-0.25, -0.2) is 5.01 Å². The number of carbonyl (C=O) groups is 1. The molecule has 1 aromatic rings.